The third-order valence-corrected chi connectivity index (χ3v) is 3.07. The van der Waals surface area contributed by atoms with Gasteiger partial charge in [-0.05, 0) is 34.6 Å². The Balaban J connectivity index is 3.14. The van der Waals surface area contributed by atoms with Gasteiger partial charge in [0.15, 0.2) is 5.65 Å². The Kier molecular flexibility index (Phi) is 2.30. The molecule has 84 valence electrons. The van der Waals surface area contributed by atoms with Crippen LogP contribution < -0.4 is 5.56 Å². The smallest absolute Gasteiger partial charge is 0.261 e. The van der Waals surface area contributed by atoms with Crippen molar-refractivity contribution in [2.75, 3.05) is 0 Å². The molecule has 2 aromatic rings. The number of rotatable bonds is 0. The summed E-state index contributed by atoms with van der Waals surface area (Å²) in [5.41, 5.74) is 4.68. The first-order chi connectivity index (χ1) is 7.43. The van der Waals surface area contributed by atoms with Crippen LogP contribution in [0.15, 0.2) is 4.79 Å². The lowest BCUT2D eigenvalue weighted by molar-refractivity contribution is 0.888. The zero-order valence-electron chi connectivity index (χ0n) is 10.2. The summed E-state index contributed by atoms with van der Waals surface area (Å²) in [5.74, 6) is 0. The van der Waals surface area contributed by atoms with Crippen LogP contribution in [0.3, 0.4) is 0 Å². The molecule has 2 heterocycles. The molecule has 4 nitrogen and oxygen atoms in total. The molecule has 0 fully saturated rings. The third kappa shape index (κ3) is 1.33. The summed E-state index contributed by atoms with van der Waals surface area (Å²) in [6.45, 7) is 9.34. The van der Waals surface area contributed by atoms with Crippen LogP contribution in [0.25, 0.3) is 5.65 Å². The molecule has 0 unspecified atom stereocenters. The molecule has 0 radical (unpaired) electrons. The number of hydrogen-bond donors (Lipinski definition) is 0. The summed E-state index contributed by atoms with van der Waals surface area (Å²) in [7, 11) is 0. The Morgan fingerprint density at radius 2 is 1.50 bits per heavy atom. The Morgan fingerprint density at radius 1 is 0.875 bits per heavy atom. The molecule has 0 aromatic carbocycles. The SMILES string of the molecule is Cc1nc2c(C)nc(C)c(C)n2c(=O)c1C. The maximum absolute atomic E-state index is 12.2. The molecule has 0 bridgehead atoms. The molecule has 4 heteroatoms. The first-order valence-electron chi connectivity index (χ1n) is 5.27. The minimum absolute atomic E-state index is 0.00796. The second-order valence-electron chi connectivity index (χ2n) is 4.15. The first kappa shape index (κ1) is 10.8. The van der Waals surface area contributed by atoms with Gasteiger partial charge in [0.05, 0.1) is 11.4 Å². The van der Waals surface area contributed by atoms with Crippen molar-refractivity contribution in [3.63, 3.8) is 0 Å². The Labute approximate surface area is 94.0 Å². The van der Waals surface area contributed by atoms with Gasteiger partial charge in [0.2, 0.25) is 0 Å². The van der Waals surface area contributed by atoms with E-state index in [0.29, 0.717) is 11.2 Å². The zero-order valence-corrected chi connectivity index (χ0v) is 10.2. The highest BCUT2D eigenvalue weighted by Gasteiger charge is 2.11. The van der Waals surface area contributed by atoms with Crippen molar-refractivity contribution >= 4 is 5.65 Å². The fourth-order valence-electron chi connectivity index (χ4n) is 1.81. The molecule has 2 aromatic heterocycles. The van der Waals surface area contributed by atoms with Crippen molar-refractivity contribution in [2.45, 2.75) is 34.6 Å². The lowest BCUT2D eigenvalue weighted by Crippen LogP contribution is -2.23. The summed E-state index contributed by atoms with van der Waals surface area (Å²) in [6, 6.07) is 0. The molecule has 2 rings (SSSR count). The lowest BCUT2D eigenvalue weighted by Gasteiger charge is -2.11. The molecule has 0 spiro atoms. The quantitative estimate of drug-likeness (QED) is 0.674. The van der Waals surface area contributed by atoms with Gasteiger partial charge in [-0.25, -0.2) is 4.98 Å². The minimum atomic E-state index is 0.00796. The van der Waals surface area contributed by atoms with Gasteiger partial charge in [-0.1, -0.05) is 0 Å². The monoisotopic (exact) mass is 217 g/mol. The van der Waals surface area contributed by atoms with Gasteiger partial charge in [0.25, 0.3) is 5.56 Å². The van der Waals surface area contributed by atoms with Crippen molar-refractivity contribution in [3.05, 3.63) is 38.7 Å². The van der Waals surface area contributed by atoms with Crippen molar-refractivity contribution in [2.24, 2.45) is 0 Å². The highest BCUT2D eigenvalue weighted by Crippen LogP contribution is 2.11. The molecule has 0 aliphatic carbocycles. The molecule has 0 aliphatic rings. The highest BCUT2D eigenvalue weighted by molar-refractivity contribution is 5.47. The van der Waals surface area contributed by atoms with Crippen molar-refractivity contribution in [1.29, 1.82) is 0 Å². The Hall–Kier alpha value is -1.71. The molecule has 0 saturated heterocycles. The average Bonchev–Trinajstić information content (AvgIpc) is 2.22. The molecule has 16 heavy (non-hydrogen) atoms. The van der Waals surface area contributed by atoms with Crippen LogP contribution in [-0.4, -0.2) is 14.4 Å². The van der Waals surface area contributed by atoms with Gasteiger partial charge in [-0.2, -0.15) is 0 Å². The molecule has 0 atom stereocenters. The second-order valence-corrected chi connectivity index (χ2v) is 4.15. The van der Waals surface area contributed by atoms with E-state index in [4.69, 9.17) is 0 Å². The topological polar surface area (TPSA) is 47.3 Å². The number of aromatic nitrogens is 3. The van der Waals surface area contributed by atoms with E-state index >= 15 is 0 Å². The predicted octanol–water partition coefficient (Wildman–Crippen LogP) is 1.63. The molecular weight excluding hydrogens is 202 g/mol. The first-order valence-corrected chi connectivity index (χ1v) is 5.27. The van der Waals surface area contributed by atoms with E-state index in [1.165, 1.54) is 0 Å². The fraction of sp³-hybridized carbons (Fsp3) is 0.417. The number of nitrogens with zero attached hydrogens (tertiary/aromatic N) is 3. The van der Waals surface area contributed by atoms with E-state index in [1.807, 2.05) is 34.6 Å². The van der Waals surface area contributed by atoms with Crippen LogP contribution in [0.2, 0.25) is 0 Å². The van der Waals surface area contributed by atoms with E-state index in [-0.39, 0.29) is 5.56 Å². The predicted molar refractivity (Wildman–Crippen MR) is 62.9 cm³/mol. The standard InChI is InChI=1S/C12H15N3O/c1-6-7(2)14-11-9(4)13-8(3)10(5)15(11)12(6)16/h1-5H3. The van der Waals surface area contributed by atoms with Crippen LogP contribution in [0.4, 0.5) is 0 Å². The fourth-order valence-corrected chi connectivity index (χ4v) is 1.81. The van der Waals surface area contributed by atoms with E-state index in [1.54, 1.807) is 4.40 Å². The van der Waals surface area contributed by atoms with Gasteiger partial charge >= 0.3 is 0 Å². The highest BCUT2D eigenvalue weighted by atomic mass is 16.1. The van der Waals surface area contributed by atoms with Crippen molar-refractivity contribution < 1.29 is 0 Å². The summed E-state index contributed by atoms with van der Waals surface area (Å²) in [4.78, 5) is 21.0. The van der Waals surface area contributed by atoms with Crippen LogP contribution in [-0.2, 0) is 0 Å². The number of hydrogen-bond acceptors (Lipinski definition) is 3. The van der Waals surface area contributed by atoms with Crippen LogP contribution in [0.1, 0.15) is 28.3 Å². The van der Waals surface area contributed by atoms with E-state index in [9.17, 15) is 4.79 Å². The van der Waals surface area contributed by atoms with Gasteiger partial charge in [-0.3, -0.25) is 14.2 Å². The van der Waals surface area contributed by atoms with Crippen LogP contribution in [0, 0.1) is 34.6 Å². The van der Waals surface area contributed by atoms with Gasteiger partial charge in [0.1, 0.15) is 0 Å². The van der Waals surface area contributed by atoms with Crippen LogP contribution in [0.5, 0.6) is 0 Å². The van der Waals surface area contributed by atoms with Gasteiger partial charge in [-0.15, -0.1) is 0 Å². The van der Waals surface area contributed by atoms with Crippen molar-refractivity contribution in [1.82, 2.24) is 14.4 Å². The van der Waals surface area contributed by atoms with Crippen molar-refractivity contribution in [3.8, 4) is 0 Å². The summed E-state index contributed by atoms with van der Waals surface area (Å²) in [6.07, 6.45) is 0. The van der Waals surface area contributed by atoms with E-state index < -0.39 is 0 Å². The van der Waals surface area contributed by atoms with E-state index in [0.717, 1.165) is 22.8 Å². The van der Waals surface area contributed by atoms with E-state index in [2.05, 4.69) is 9.97 Å². The molecule has 0 N–H and O–H groups in total. The molecular formula is C12H15N3O. The molecule has 0 amide bonds. The molecule has 0 saturated carbocycles. The lowest BCUT2D eigenvalue weighted by atomic mass is 10.2. The summed E-state index contributed by atoms with van der Waals surface area (Å²) < 4.78 is 1.65. The number of aryl methyl sites for hydroxylation is 4. The number of fused-ring (bicyclic) bond motifs is 1. The average molecular weight is 217 g/mol. The Morgan fingerprint density at radius 3 is 2.12 bits per heavy atom. The largest absolute Gasteiger partial charge is 0.269 e. The Bertz CT molecular complexity index is 641. The van der Waals surface area contributed by atoms with Crippen LogP contribution >= 0.6 is 0 Å². The summed E-state index contributed by atoms with van der Waals surface area (Å²) >= 11 is 0. The zero-order chi connectivity index (χ0) is 12.0. The van der Waals surface area contributed by atoms with Gasteiger partial charge < -0.3 is 0 Å². The minimum Gasteiger partial charge on any atom is -0.269 e. The summed E-state index contributed by atoms with van der Waals surface area (Å²) in [5, 5.41) is 0. The molecule has 0 aliphatic heterocycles. The maximum atomic E-state index is 12.2. The third-order valence-electron chi connectivity index (χ3n) is 3.07. The maximum Gasteiger partial charge on any atom is 0.261 e. The normalized spacial score (nSPS) is 11.1. The van der Waals surface area contributed by atoms with Gasteiger partial charge in [0, 0.05) is 17.0 Å². The second kappa shape index (κ2) is 3.40.